The first kappa shape index (κ1) is 21.0. The number of carbonyl (C=O) groups excluding carboxylic acids is 1. The Morgan fingerprint density at radius 3 is 2.40 bits per heavy atom. The van der Waals surface area contributed by atoms with Crippen LogP contribution in [-0.2, 0) is 16.0 Å². The van der Waals surface area contributed by atoms with E-state index in [9.17, 15) is 10.0 Å². The second-order valence-electron chi connectivity index (χ2n) is 5.98. The second-order valence-corrected chi connectivity index (χ2v) is 5.98. The predicted octanol–water partition coefficient (Wildman–Crippen LogP) is 2.80. The zero-order valence-corrected chi connectivity index (χ0v) is 16.7. The van der Waals surface area contributed by atoms with E-state index in [1.54, 1.807) is 20.1 Å². The third kappa shape index (κ3) is 4.31. The molecule has 1 aromatic carbocycles. The summed E-state index contributed by atoms with van der Waals surface area (Å²) in [6, 6.07) is 3.58. The number of aliphatic imine (C=N–C) groups is 1. The number of hydrogen-bond acceptors (Lipinski definition) is 7. The lowest BCUT2D eigenvalue weighted by Gasteiger charge is -2.29. The average molecular weight is 415 g/mol. The molecule has 0 spiro atoms. The van der Waals surface area contributed by atoms with E-state index < -0.39 is 11.5 Å². The van der Waals surface area contributed by atoms with Gasteiger partial charge in [-0.3, -0.25) is 4.99 Å². The van der Waals surface area contributed by atoms with Crippen molar-refractivity contribution in [1.82, 2.24) is 0 Å². The molecular formula is C17H23BrN2O5. The Morgan fingerprint density at radius 2 is 1.88 bits per heavy atom. The molecule has 1 aliphatic rings. The van der Waals surface area contributed by atoms with Gasteiger partial charge in [-0.1, -0.05) is 5.16 Å². The Balaban J connectivity index is 0.00000312. The maximum Gasteiger partial charge on any atom is 0.362 e. The van der Waals surface area contributed by atoms with Gasteiger partial charge in [0, 0.05) is 5.56 Å². The quantitative estimate of drug-likeness (QED) is 0.346. The summed E-state index contributed by atoms with van der Waals surface area (Å²) in [6.07, 6.45) is 0.647. The van der Waals surface area contributed by atoms with Gasteiger partial charge >= 0.3 is 5.97 Å². The van der Waals surface area contributed by atoms with Gasteiger partial charge in [-0.2, -0.15) is 0 Å². The molecule has 2 rings (SSSR count). The number of ether oxygens (including phenoxy) is 3. The molecule has 8 heteroatoms. The van der Waals surface area contributed by atoms with Crippen LogP contribution in [-0.4, -0.2) is 49.0 Å². The Bertz CT molecular complexity index is 713. The van der Waals surface area contributed by atoms with Crippen molar-refractivity contribution in [2.24, 2.45) is 10.1 Å². The lowest BCUT2D eigenvalue weighted by molar-refractivity contribution is -0.134. The monoisotopic (exact) mass is 414 g/mol. The molecule has 0 saturated heterocycles. The maximum absolute atomic E-state index is 12.1. The minimum atomic E-state index is -0.725. The Labute approximate surface area is 157 Å². The average Bonchev–Trinajstić information content (AvgIpc) is 2.53. The molecule has 0 atom stereocenters. The fraction of sp³-hybridized carbons (Fsp3) is 0.471. The van der Waals surface area contributed by atoms with Crippen molar-refractivity contribution in [2.75, 3.05) is 20.8 Å². The summed E-state index contributed by atoms with van der Waals surface area (Å²) >= 11 is 0. The molecular weight excluding hydrogens is 392 g/mol. The van der Waals surface area contributed by atoms with E-state index >= 15 is 0 Å². The van der Waals surface area contributed by atoms with Gasteiger partial charge in [0.15, 0.2) is 11.5 Å². The van der Waals surface area contributed by atoms with Crippen LogP contribution in [0.4, 0.5) is 0 Å². The van der Waals surface area contributed by atoms with Crippen molar-refractivity contribution in [3.05, 3.63) is 23.3 Å². The largest absolute Gasteiger partial charge is 0.493 e. The highest BCUT2D eigenvalue weighted by Gasteiger charge is 2.33. The van der Waals surface area contributed by atoms with Crippen LogP contribution in [0, 0.1) is 0 Å². The Kier molecular flexibility index (Phi) is 6.98. The third-order valence-corrected chi connectivity index (χ3v) is 3.70. The number of benzene rings is 1. The highest BCUT2D eigenvalue weighted by Crippen LogP contribution is 2.36. The van der Waals surface area contributed by atoms with E-state index in [-0.39, 0.29) is 35.0 Å². The highest BCUT2D eigenvalue weighted by atomic mass is 79.9. The second kappa shape index (κ2) is 8.33. The number of halogens is 1. The highest BCUT2D eigenvalue weighted by molar-refractivity contribution is 8.93. The molecule has 7 nitrogen and oxygen atoms in total. The molecule has 1 heterocycles. The summed E-state index contributed by atoms with van der Waals surface area (Å²) in [7, 11) is 3.09. The Morgan fingerprint density at radius 1 is 1.28 bits per heavy atom. The Hall–Kier alpha value is -2.09. The fourth-order valence-electron chi connectivity index (χ4n) is 2.72. The van der Waals surface area contributed by atoms with Gasteiger partial charge in [0.1, 0.15) is 5.71 Å². The lowest BCUT2D eigenvalue weighted by Crippen LogP contribution is -2.36. The summed E-state index contributed by atoms with van der Waals surface area (Å²) < 4.78 is 15.6. The van der Waals surface area contributed by atoms with E-state index in [0.717, 1.165) is 5.56 Å². The standard InChI is InChI=1S/C17H22N2O5.BrH/c1-6-24-16(20)15(19-21)14-11-8-13(23-5)12(22-4)7-10(11)9-17(2,3)18-14;/h7-8,21H,6,9H2,1-5H3;1H. The van der Waals surface area contributed by atoms with Crippen LogP contribution >= 0.6 is 17.0 Å². The SMILES string of the molecule is Br.CCOC(=O)C(=NO)C1=NC(C)(C)Cc2cc(OC)c(OC)cc21. The molecule has 1 aliphatic heterocycles. The number of rotatable bonds is 5. The molecule has 0 bridgehead atoms. The van der Waals surface area contributed by atoms with Crippen molar-refractivity contribution in [2.45, 2.75) is 32.7 Å². The maximum atomic E-state index is 12.1. The van der Waals surface area contributed by atoms with Crippen LogP contribution in [0.2, 0.25) is 0 Å². The van der Waals surface area contributed by atoms with Crippen molar-refractivity contribution >= 4 is 34.4 Å². The van der Waals surface area contributed by atoms with E-state index in [0.29, 0.717) is 23.5 Å². The number of hydrogen-bond donors (Lipinski definition) is 1. The van der Waals surface area contributed by atoms with Gasteiger partial charge in [0.2, 0.25) is 5.71 Å². The molecule has 0 amide bonds. The van der Waals surface area contributed by atoms with Crippen LogP contribution in [0.1, 0.15) is 31.9 Å². The first-order valence-electron chi connectivity index (χ1n) is 7.61. The van der Waals surface area contributed by atoms with Gasteiger partial charge in [-0.15, -0.1) is 17.0 Å². The summed E-state index contributed by atoms with van der Waals surface area (Å²) in [6.45, 7) is 5.73. The summed E-state index contributed by atoms with van der Waals surface area (Å²) in [5.41, 5.74) is 1.17. The number of esters is 1. The molecule has 0 aliphatic carbocycles. The zero-order chi connectivity index (χ0) is 17.9. The number of methoxy groups -OCH3 is 2. The molecule has 0 fully saturated rings. The van der Waals surface area contributed by atoms with Gasteiger partial charge < -0.3 is 19.4 Å². The fourth-order valence-corrected chi connectivity index (χ4v) is 2.72. The van der Waals surface area contributed by atoms with E-state index in [2.05, 4.69) is 10.1 Å². The number of fused-ring (bicyclic) bond motifs is 1. The van der Waals surface area contributed by atoms with Crippen molar-refractivity contribution in [3.8, 4) is 11.5 Å². The number of carbonyl (C=O) groups is 1. The molecule has 138 valence electrons. The van der Waals surface area contributed by atoms with E-state index in [1.165, 1.54) is 7.11 Å². The number of oxime groups is 1. The van der Waals surface area contributed by atoms with Gasteiger partial charge in [0.25, 0.3) is 0 Å². The van der Waals surface area contributed by atoms with Crippen molar-refractivity contribution < 1.29 is 24.2 Å². The molecule has 0 unspecified atom stereocenters. The van der Waals surface area contributed by atoms with Crippen LogP contribution in [0.15, 0.2) is 22.3 Å². The summed E-state index contributed by atoms with van der Waals surface area (Å²) in [4.78, 5) is 16.7. The van der Waals surface area contributed by atoms with Crippen molar-refractivity contribution in [1.29, 1.82) is 0 Å². The first-order valence-corrected chi connectivity index (χ1v) is 7.61. The lowest BCUT2D eigenvalue weighted by atomic mass is 9.85. The molecule has 0 saturated carbocycles. The topological polar surface area (TPSA) is 89.7 Å². The summed E-state index contributed by atoms with van der Waals surface area (Å²) in [5, 5.41) is 12.5. The number of nitrogens with zero attached hydrogens (tertiary/aromatic N) is 2. The minimum Gasteiger partial charge on any atom is -0.493 e. The van der Waals surface area contributed by atoms with Crippen LogP contribution in [0.25, 0.3) is 0 Å². The predicted molar refractivity (Wildman–Crippen MR) is 100 cm³/mol. The molecule has 0 aromatic heterocycles. The summed E-state index contributed by atoms with van der Waals surface area (Å²) in [5.74, 6) is 0.369. The first-order chi connectivity index (χ1) is 11.4. The van der Waals surface area contributed by atoms with Crippen LogP contribution in [0.3, 0.4) is 0 Å². The minimum absolute atomic E-state index is 0. The molecule has 0 radical (unpaired) electrons. The van der Waals surface area contributed by atoms with E-state index in [1.807, 2.05) is 19.9 Å². The molecule has 25 heavy (non-hydrogen) atoms. The normalized spacial score (nSPS) is 15.4. The van der Waals surface area contributed by atoms with Gasteiger partial charge in [-0.05, 0) is 44.9 Å². The van der Waals surface area contributed by atoms with Gasteiger partial charge in [-0.25, -0.2) is 4.79 Å². The van der Waals surface area contributed by atoms with Crippen LogP contribution in [0.5, 0.6) is 11.5 Å². The third-order valence-electron chi connectivity index (χ3n) is 3.70. The van der Waals surface area contributed by atoms with E-state index in [4.69, 9.17) is 14.2 Å². The van der Waals surface area contributed by atoms with Gasteiger partial charge in [0.05, 0.1) is 26.4 Å². The molecule has 1 N–H and O–H groups in total. The smallest absolute Gasteiger partial charge is 0.362 e. The molecule has 1 aromatic rings. The van der Waals surface area contributed by atoms with Crippen LogP contribution < -0.4 is 9.47 Å². The zero-order valence-electron chi connectivity index (χ0n) is 15.0. The van der Waals surface area contributed by atoms with Crippen molar-refractivity contribution in [3.63, 3.8) is 0 Å².